The summed E-state index contributed by atoms with van der Waals surface area (Å²) in [6.07, 6.45) is 8.87. The molecule has 0 bridgehead atoms. The van der Waals surface area contributed by atoms with E-state index in [0.29, 0.717) is 32.8 Å². The van der Waals surface area contributed by atoms with E-state index in [-0.39, 0.29) is 17.9 Å². The summed E-state index contributed by atoms with van der Waals surface area (Å²) in [4.78, 5) is 31.5. The van der Waals surface area contributed by atoms with Gasteiger partial charge in [0.2, 0.25) is 0 Å². The minimum absolute atomic E-state index is 0.105. The second-order valence-electron chi connectivity index (χ2n) is 7.59. The van der Waals surface area contributed by atoms with Gasteiger partial charge in [0, 0.05) is 37.7 Å². The third-order valence-corrected chi connectivity index (χ3v) is 7.02. The first-order valence-electron chi connectivity index (χ1n) is 10.0. The SMILES string of the molecule is O=C(c1cc2c(s1)CCCCCC2)N1CCN(C(=O)[C@H]2CCCO2)CC1. The minimum atomic E-state index is -0.255. The highest BCUT2D eigenvalue weighted by Crippen LogP contribution is 2.29. The van der Waals surface area contributed by atoms with Crippen LogP contribution in [0.2, 0.25) is 0 Å². The second kappa shape index (κ2) is 8.09. The van der Waals surface area contributed by atoms with Gasteiger partial charge in [-0.3, -0.25) is 9.59 Å². The van der Waals surface area contributed by atoms with Crippen molar-refractivity contribution in [3.63, 3.8) is 0 Å². The van der Waals surface area contributed by atoms with Crippen LogP contribution in [0.3, 0.4) is 0 Å². The molecule has 0 saturated carbocycles. The molecule has 0 spiro atoms. The summed E-state index contributed by atoms with van der Waals surface area (Å²) in [6, 6.07) is 2.14. The number of piperazine rings is 1. The van der Waals surface area contributed by atoms with E-state index < -0.39 is 0 Å². The summed E-state index contributed by atoms with van der Waals surface area (Å²) < 4.78 is 5.51. The fourth-order valence-corrected chi connectivity index (χ4v) is 5.43. The molecule has 1 aliphatic carbocycles. The van der Waals surface area contributed by atoms with Crippen molar-refractivity contribution in [3.8, 4) is 0 Å². The van der Waals surface area contributed by atoms with Crippen LogP contribution in [0.1, 0.15) is 58.6 Å². The van der Waals surface area contributed by atoms with Crippen molar-refractivity contribution >= 4 is 23.2 Å². The van der Waals surface area contributed by atoms with Gasteiger partial charge in [0.25, 0.3) is 11.8 Å². The van der Waals surface area contributed by atoms with Crippen LogP contribution in [0.25, 0.3) is 0 Å². The van der Waals surface area contributed by atoms with Crippen LogP contribution in [0.5, 0.6) is 0 Å². The maximum absolute atomic E-state index is 12.9. The topological polar surface area (TPSA) is 49.9 Å². The average molecular weight is 377 g/mol. The monoisotopic (exact) mass is 376 g/mol. The number of hydrogen-bond donors (Lipinski definition) is 0. The van der Waals surface area contributed by atoms with Crippen molar-refractivity contribution in [2.45, 2.75) is 57.5 Å². The molecule has 0 unspecified atom stereocenters. The van der Waals surface area contributed by atoms with E-state index in [4.69, 9.17) is 4.74 Å². The zero-order chi connectivity index (χ0) is 17.9. The second-order valence-corrected chi connectivity index (χ2v) is 8.73. The molecule has 0 radical (unpaired) electrons. The standard InChI is InChI=1S/C20H28N2O3S/c23-19(16-7-5-13-25-16)21-9-11-22(12-10-21)20(24)18-14-15-6-3-1-2-4-8-17(15)26-18/h14,16H,1-13H2/t16-/m1/s1. The largest absolute Gasteiger partial charge is 0.368 e. The minimum Gasteiger partial charge on any atom is -0.368 e. The summed E-state index contributed by atoms with van der Waals surface area (Å²) >= 11 is 1.70. The van der Waals surface area contributed by atoms with Crippen molar-refractivity contribution in [1.82, 2.24) is 9.80 Å². The van der Waals surface area contributed by atoms with Crippen LogP contribution >= 0.6 is 11.3 Å². The Labute approximate surface area is 159 Å². The van der Waals surface area contributed by atoms with Crippen molar-refractivity contribution in [2.24, 2.45) is 0 Å². The molecule has 1 aromatic heterocycles. The van der Waals surface area contributed by atoms with Crippen LogP contribution in [0.15, 0.2) is 6.07 Å². The smallest absolute Gasteiger partial charge is 0.264 e. The Hall–Kier alpha value is -1.40. The highest BCUT2D eigenvalue weighted by Gasteiger charge is 2.32. The van der Waals surface area contributed by atoms with Crippen LogP contribution in [0.4, 0.5) is 0 Å². The van der Waals surface area contributed by atoms with Gasteiger partial charge in [0.1, 0.15) is 6.10 Å². The highest BCUT2D eigenvalue weighted by molar-refractivity contribution is 7.14. The number of rotatable bonds is 2. The molecule has 3 heterocycles. The van der Waals surface area contributed by atoms with E-state index in [1.165, 1.54) is 36.1 Å². The van der Waals surface area contributed by atoms with Gasteiger partial charge in [0.15, 0.2) is 0 Å². The molecule has 5 nitrogen and oxygen atoms in total. The van der Waals surface area contributed by atoms with Gasteiger partial charge < -0.3 is 14.5 Å². The molecule has 1 aromatic rings. The molecule has 4 rings (SSSR count). The van der Waals surface area contributed by atoms with E-state index in [1.807, 2.05) is 9.80 Å². The van der Waals surface area contributed by atoms with Gasteiger partial charge in [-0.05, 0) is 50.2 Å². The van der Waals surface area contributed by atoms with Crippen molar-refractivity contribution < 1.29 is 14.3 Å². The number of nitrogens with zero attached hydrogens (tertiary/aromatic N) is 2. The van der Waals surface area contributed by atoms with Crippen LogP contribution in [-0.4, -0.2) is 60.5 Å². The van der Waals surface area contributed by atoms with Gasteiger partial charge in [-0.25, -0.2) is 0 Å². The van der Waals surface area contributed by atoms with E-state index in [0.717, 1.165) is 30.6 Å². The Morgan fingerprint density at radius 2 is 1.69 bits per heavy atom. The van der Waals surface area contributed by atoms with Crippen LogP contribution in [-0.2, 0) is 22.4 Å². The van der Waals surface area contributed by atoms with Crippen LogP contribution < -0.4 is 0 Å². The summed E-state index contributed by atoms with van der Waals surface area (Å²) in [7, 11) is 0. The Kier molecular flexibility index (Phi) is 5.60. The molecule has 2 amide bonds. The molecule has 2 saturated heterocycles. The summed E-state index contributed by atoms with van der Waals surface area (Å²) in [6.45, 7) is 3.18. The highest BCUT2D eigenvalue weighted by atomic mass is 32.1. The predicted molar refractivity (Wildman–Crippen MR) is 102 cm³/mol. The molecule has 0 aromatic carbocycles. The van der Waals surface area contributed by atoms with Crippen molar-refractivity contribution in [1.29, 1.82) is 0 Å². The number of carbonyl (C=O) groups excluding carboxylic acids is 2. The van der Waals surface area contributed by atoms with Gasteiger partial charge in [-0.2, -0.15) is 0 Å². The van der Waals surface area contributed by atoms with Crippen molar-refractivity contribution in [2.75, 3.05) is 32.8 Å². The number of hydrogen-bond acceptors (Lipinski definition) is 4. The Morgan fingerprint density at radius 3 is 2.42 bits per heavy atom. The first-order valence-corrected chi connectivity index (χ1v) is 10.9. The fourth-order valence-electron chi connectivity index (χ4n) is 4.21. The molecule has 26 heavy (non-hydrogen) atoms. The third kappa shape index (κ3) is 3.81. The number of carbonyl (C=O) groups is 2. The van der Waals surface area contributed by atoms with Gasteiger partial charge in [-0.15, -0.1) is 11.3 Å². The molecule has 142 valence electrons. The molecule has 6 heteroatoms. The van der Waals surface area contributed by atoms with E-state index in [1.54, 1.807) is 11.3 Å². The number of amides is 2. The summed E-state index contributed by atoms with van der Waals surface area (Å²) in [5.41, 5.74) is 1.39. The molecule has 3 aliphatic rings. The Morgan fingerprint density at radius 1 is 0.962 bits per heavy atom. The first-order chi connectivity index (χ1) is 12.7. The zero-order valence-electron chi connectivity index (χ0n) is 15.4. The molecule has 2 aliphatic heterocycles. The lowest BCUT2D eigenvalue weighted by Gasteiger charge is -2.35. The maximum atomic E-state index is 12.9. The van der Waals surface area contributed by atoms with Crippen molar-refractivity contribution in [3.05, 3.63) is 21.4 Å². The third-order valence-electron chi connectivity index (χ3n) is 5.79. The lowest BCUT2D eigenvalue weighted by Crippen LogP contribution is -2.52. The number of thiophene rings is 1. The molecule has 0 N–H and O–H groups in total. The van der Waals surface area contributed by atoms with E-state index in [9.17, 15) is 9.59 Å². The zero-order valence-corrected chi connectivity index (χ0v) is 16.2. The molecule has 2 fully saturated rings. The summed E-state index contributed by atoms with van der Waals surface area (Å²) in [5.74, 6) is 0.250. The lowest BCUT2D eigenvalue weighted by atomic mass is 10.00. The maximum Gasteiger partial charge on any atom is 0.264 e. The van der Waals surface area contributed by atoms with E-state index >= 15 is 0 Å². The fraction of sp³-hybridized carbons (Fsp3) is 0.700. The number of aryl methyl sites for hydroxylation is 2. The quantitative estimate of drug-likeness (QED) is 0.797. The van der Waals surface area contributed by atoms with Gasteiger partial charge in [-0.1, -0.05) is 12.8 Å². The number of ether oxygens (including phenoxy) is 1. The molecular formula is C20H28N2O3S. The van der Waals surface area contributed by atoms with E-state index in [2.05, 4.69) is 6.07 Å². The summed E-state index contributed by atoms with van der Waals surface area (Å²) in [5, 5.41) is 0. The molecular weight excluding hydrogens is 348 g/mol. The van der Waals surface area contributed by atoms with Crippen LogP contribution in [0, 0.1) is 0 Å². The first kappa shape index (κ1) is 18.0. The Balaban J connectivity index is 1.36. The predicted octanol–water partition coefficient (Wildman–Crippen LogP) is 2.87. The Bertz CT molecular complexity index is 633. The van der Waals surface area contributed by atoms with Gasteiger partial charge in [0.05, 0.1) is 4.88 Å². The lowest BCUT2D eigenvalue weighted by molar-refractivity contribution is -0.142. The average Bonchev–Trinajstić information content (AvgIpc) is 3.31. The van der Waals surface area contributed by atoms with Gasteiger partial charge >= 0.3 is 0 Å². The molecule has 1 atom stereocenters. The number of fused-ring (bicyclic) bond motifs is 1. The normalized spacial score (nSPS) is 24.1.